The van der Waals surface area contributed by atoms with Gasteiger partial charge in [0, 0.05) is 6.54 Å². The number of carbonyl (C=O) groups excluding carboxylic acids is 1. The van der Waals surface area contributed by atoms with E-state index in [-0.39, 0.29) is 18.6 Å². The third-order valence-corrected chi connectivity index (χ3v) is 2.35. The average Bonchev–Trinajstić information content (AvgIpc) is 2.33. The maximum atomic E-state index is 11.3. The molecule has 1 N–H and O–H groups in total. The zero-order valence-corrected chi connectivity index (χ0v) is 10.6. The van der Waals surface area contributed by atoms with E-state index in [9.17, 15) is 4.79 Å². The Kier molecular flexibility index (Phi) is 6.33. The molecule has 0 aliphatic heterocycles. The topological polar surface area (TPSA) is 38.3 Å². The Morgan fingerprint density at radius 1 is 1.29 bits per heavy atom. The monoisotopic (exact) mass is 235 g/mol. The van der Waals surface area contributed by atoms with Gasteiger partial charge in [-0.05, 0) is 32.3 Å². The fourth-order valence-corrected chi connectivity index (χ4v) is 1.46. The van der Waals surface area contributed by atoms with Crippen LogP contribution in [0.15, 0.2) is 30.3 Å². The second-order valence-electron chi connectivity index (χ2n) is 4.30. The summed E-state index contributed by atoms with van der Waals surface area (Å²) in [7, 11) is 0. The first-order valence-electron chi connectivity index (χ1n) is 6.10. The Hall–Kier alpha value is -1.35. The highest BCUT2D eigenvalue weighted by Gasteiger charge is 2.02. The van der Waals surface area contributed by atoms with Crippen molar-refractivity contribution in [1.82, 2.24) is 5.32 Å². The van der Waals surface area contributed by atoms with Crippen LogP contribution in [-0.2, 0) is 16.0 Å². The molecule has 1 aromatic carbocycles. The van der Waals surface area contributed by atoms with Crippen molar-refractivity contribution in [2.24, 2.45) is 0 Å². The second-order valence-corrected chi connectivity index (χ2v) is 4.30. The molecule has 1 aromatic rings. The van der Waals surface area contributed by atoms with Crippen molar-refractivity contribution >= 4 is 5.91 Å². The minimum Gasteiger partial charge on any atom is -0.369 e. The fraction of sp³-hybridized carbons (Fsp3) is 0.500. The van der Waals surface area contributed by atoms with E-state index in [0.717, 1.165) is 12.8 Å². The molecule has 0 aromatic heterocycles. The number of hydrogen-bond donors (Lipinski definition) is 1. The standard InChI is InChI=1S/C14H21NO2/c1-12(2)17-11-14(16)15-10-6-9-13-7-4-3-5-8-13/h3-5,7-8,12H,6,9-11H2,1-2H3,(H,15,16). The van der Waals surface area contributed by atoms with Crippen LogP contribution in [0.3, 0.4) is 0 Å². The predicted molar refractivity (Wildman–Crippen MR) is 68.9 cm³/mol. The molecular weight excluding hydrogens is 214 g/mol. The van der Waals surface area contributed by atoms with Crippen molar-refractivity contribution in [3.05, 3.63) is 35.9 Å². The molecule has 3 nitrogen and oxygen atoms in total. The van der Waals surface area contributed by atoms with Gasteiger partial charge in [0.25, 0.3) is 0 Å². The summed E-state index contributed by atoms with van der Waals surface area (Å²) in [5, 5.41) is 2.84. The maximum absolute atomic E-state index is 11.3. The van der Waals surface area contributed by atoms with Crippen LogP contribution >= 0.6 is 0 Å². The third-order valence-electron chi connectivity index (χ3n) is 2.35. The molecule has 0 heterocycles. The molecule has 17 heavy (non-hydrogen) atoms. The molecule has 0 bridgehead atoms. The van der Waals surface area contributed by atoms with Crippen LogP contribution in [0.2, 0.25) is 0 Å². The van der Waals surface area contributed by atoms with Gasteiger partial charge >= 0.3 is 0 Å². The minimum absolute atomic E-state index is 0.0354. The highest BCUT2D eigenvalue weighted by Crippen LogP contribution is 2.01. The summed E-state index contributed by atoms with van der Waals surface area (Å²) in [4.78, 5) is 11.3. The number of ether oxygens (including phenoxy) is 1. The van der Waals surface area contributed by atoms with Gasteiger partial charge in [-0.1, -0.05) is 30.3 Å². The summed E-state index contributed by atoms with van der Waals surface area (Å²) in [5.74, 6) is -0.0354. The van der Waals surface area contributed by atoms with Gasteiger partial charge in [0.2, 0.25) is 5.91 Å². The van der Waals surface area contributed by atoms with Crippen molar-refractivity contribution < 1.29 is 9.53 Å². The lowest BCUT2D eigenvalue weighted by atomic mass is 10.1. The van der Waals surface area contributed by atoms with Crippen LogP contribution < -0.4 is 5.32 Å². The van der Waals surface area contributed by atoms with Crippen molar-refractivity contribution in [3.8, 4) is 0 Å². The summed E-state index contributed by atoms with van der Waals surface area (Å²) >= 11 is 0. The molecule has 1 rings (SSSR count). The Bertz CT molecular complexity index is 322. The first-order chi connectivity index (χ1) is 8.18. The van der Waals surface area contributed by atoms with E-state index in [4.69, 9.17) is 4.74 Å². The zero-order valence-electron chi connectivity index (χ0n) is 10.6. The number of hydrogen-bond acceptors (Lipinski definition) is 2. The van der Waals surface area contributed by atoms with Crippen molar-refractivity contribution in [3.63, 3.8) is 0 Å². The summed E-state index contributed by atoms with van der Waals surface area (Å²) in [6.07, 6.45) is 2.05. The van der Waals surface area contributed by atoms with Gasteiger partial charge in [-0.15, -0.1) is 0 Å². The summed E-state index contributed by atoms with van der Waals surface area (Å²) in [5.41, 5.74) is 1.31. The average molecular weight is 235 g/mol. The van der Waals surface area contributed by atoms with Gasteiger partial charge in [0.15, 0.2) is 0 Å². The largest absolute Gasteiger partial charge is 0.369 e. The van der Waals surface area contributed by atoms with E-state index in [2.05, 4.69) is 17.4 Å². The lowest BCUT2D eigenvalue weighted by Gasteiger charge is -2.08. The SMILES string of the molecule is CC(C)OCC(=O)NCCCc1ccccc1. The molecule has 0 radical (unpaired) electrons. The van der Waals surface area contributed by atoms with Crippen LogP contribution in [0.1, 0.15) is 25.8 Å². The van der Waals surface area contributed by atoms with E-state index >= 15 is 0 Å². The number of benzene rings is 1. The molecule has 1 amide bonds. The van der Waals surface area contributed by atoms with Crippen LogP contribution in [0.25, 0.3) is 0 Å². The maximum Gasteiger partial charge on any atom is 0.246 e. The molecule has 0 saturated carbocycles. The Morgan fingerprint density at radius 3 is 2.65 bits per heavy atom. The van der Waals surface area contributed by atoms with E-state index in [1.807, 2.05) is 32.0 Å². The first-order valence-corrected chi connectivity index (χ1v) is 6.10. The lowest BCUT2D eigenvalue weighted by molar-refractivity contribution is -0.127. The lowest BCUT2D eigenvalue weighted by Crippen LogP contribution is -2.29. The molecule has 0 saturated heterocycles. The normalized spacial score (nSPS) is 10.5. The zero-order chi connectivity index (χ0) is 12.5. The molecule has 0 fully saturated rings. The molecule has 94 valence electrons. The van der Waals surface area contributed by atoms with E-state index in [0.29, 0.717) is 6.54 Å². The van der Waals surface area contributed by atoms with Crippen LogP contribution in [0.5, 0.6) is 0 Å². The van der Waals surface area contributed by atoms with Crippen LogP contribution in [0, 0.1) is 0 Å². The third kappa shape index (κ3) is 6.74. The Morgan fingerprint density at radius 2 is 2.00 bits per heavy atom. The number of aryl methyl sites for hydroxylation is 1. The van der Waals surface area contributed by atoms with Gasteiger partial charge in [-0.3, -0.25) is 4.79 Å². The smallest absolute Gasteiger partial charge is 0.246 e. The summed E-state index contributed by atoms with van der Waals surface area (Å²) < 4.78 is 5.21. The summed E-state index contributed by atoms with van der Waals surface area (Å²) in [6.45, 7) is 4.70. The highest BCUT2D eigenvalue weighted by atomic mass is 16.5. The number of amides is 1. The van der Waals surface area contributed by atoms with Crippen molar-refractivity contribution in [2.45, 2.75) is 32.8 Å². The van der Waals surface area contributed by atoms with Gasteiger partial charge in [-0.2, -0.15) is 0 Å². The molecule has 0 aliphatic carbocycles. The predicted octanol–water partition coefficient (Wildman–Crippen LogP) is 2.16. The molecule has 3 heteroatoms. The highest BCUT2D eigenvalue weighted by molar-refractivity contribution is 5.77. The van der Waals surface area contributed by atoms with Gasteiger partial charge < -0.3 is 10.1 Å². The molecule has 0 aliphatic rings. The van der Waals surface area contributed by atoms with Gasteiger partial charge in [0.1, 0.15) is 6.61 Å². The summed E-state index contributed by atoms with van der Waals surface area (Å²) in [6, 6.07) is 10.3. The van der Waals surface area contributed by atoms with Crippen molar-refractivity contribution in [1.29, 1.82) is 0 Å². The Labute approximate surface area is 103 Å². The van der Waals surface area contributed by atoms with E-state index in [1.165, 1.54) is 5.56 Å². The fourth-order valence-electron chi connectivity index (χ4n) is 1.46. The quantitative estimate of drug-likeness (QED) is 0.735. The van der Waals surface area contributed by atoms with Crippen molar-refractivity contribution in [2.75, 3.05) is 13.2 Å². The second kappa shape index (κ2) is 7.85. The van der Waals surface area contributed by atoms with Gasteiger partial charge in [-0.25, -0.2) is 0 Å². The van der Waals surface area contributed by atoms with Crippen LogP contribution in [0.4, 0.5) is 0 Å². The first kappa shape index (κ1) is 13.7. The number of carbonyl (C=O) groups is 1. The molecule has 0 atom stereocenters. The van der Waals surface area contributed by atoms with Gasteiger partial charge in [0.05, 0.1) is 6.10 Å². The number of nitrogens with one attached hydrogen (secondary N) is 1. The van der Waals surface area contributed by atoms with Crippen LogP contribution in [-0.4, -0.2) is 25.2 Å². The van der Waals surface area contributed by atoms with E-state index in [1.54, 1.807) is 0 Å². The molecular formula is C14H21NO2. The molecule has 0 unspecified atom stereocenters. The molecule has 0 spiro atoms. The number of rotatable bonds is 7. The minimum atomic E-state index is -0.0354. The Balaban J connectivity index is 2.06. The van der Waals surface area contributed by atoms with E-state index < -0.39 is 0 Å².